The van der Waals surface area contributed by atoms with Crippen LogP contribution in [-0.4, -0.2) is 22.6 Å². The second-order valence-corrected chi connectivity index (χ2v) is 6.85. The highest BCUT2D eigenvalue weighted by Gasteiger charge is 2.30. The molecule has 24 heavy (non-hydrogen) atoms. The second kappa shape index (κ2) is 7.05. The van der Waals surface area contributed by atoms with E-state index in [1.165, 1.54) is 29.5 Å². The number of nitrogens with zero attached hydrogens (tertiary/aromatic N) is 2. The van der Waals surface area contributed by atoms with Crippen LogP contribution in [0, 0.1) is 10.1 Å². The summed E-state index contributed by atoms with van der Waals surface area (Å²) in [5.74, 6) is 1.17. The SMILES string of the molecule is C[C@@H]1Cc2ccccc2N1C(=O)CSCc1ccc([N+](=O)[O-])cc1. The van der Waals surface area contributed by atoms with Crippen LogP contribution in [0.3, 0.4) is 0 Å². The minimum Gasteiger partial charge on any atom is -0.308 e. The van der Waals surface area contributed by atoms with Gasteiger partial charge in [-0.25, -0.2) is 0 Å². The number of non-ortho nitro benzene ring substituents is 1. The Morgan fingerprint density at radius 2 is 1.96 bits per heavy atom. The molecule has 1 atom stereocenters. The number of thioether (sulfide) groups is 1. The van der Waals surface area contributed by atoms with E-state index in [1.807, 2.05) is 23.1 Å². The van der Waals surface area contributed by atoms with Gasteiger partial charge in [0, 0.05) is 29.6 Å². The van der Waals surface area contributed by atoms with Crippen molar-refractivity contribution < 1.29 is 9.72 Å². The molecule has 1 aliphatic heterocycles. The fourth-order valence-corrected chi connectivity index (χ4v) is 3.83. The van der Waals surface area contributed by atoms with Crippen molar-refractivity contribution in [1.29, 1.82) is 0 Å². The van der Waals surface area contributed by atoms with Crippen LogP contribution in [0.5, 0.6) is 0 Å². The summed E-state index contributed by atoms with van der Waals surface area (Å²) in [6.07, 6.45) is 0.898. The lowest BCUT2D eigenvalue weighted by Crippen LogP contribution is -2.37. The zero-order valence-corrected chi connectivity index (χ0v) is 14.2. The van der Waals surface area contributed by atoms with Crippen LogP contribution in [0.4, 0.5) is 11.4 Å². The molecule has 0 spiro atoms. The Kier molecular flexibility index (Phi) is 4.85. The minimum absolute atomic E-state index is 0.0855. The van der Waals surface area contributed by atoms with Crippen molar-refractivity contribution in [3.63, 3.8) is 0 Å². The number of nitro groups is 1. The van der Waals surface area contributed by atoms with Crippen molar-refractivity contribution in [2.45, 2.75) is 25.1 Å². The lowest BCUT2D eigenvalue weighted by Gasteiger charge is -2.22. The van der Waals surface area contributed by atoms with E-state index < -0.39 is 4.92 Å². The molecule has 0 N–H and O–H groups in total. The van der Waals surface area contributed by atoms with Gasteiger partial charge in [0.1, 0.15) is 0 Å². The van der Waals surface area contributed by atoms with Gasteiger partial charge in [0.25, 0.3) is 5.69 Å². The van der Waals surface area contributed by atoms with E-state index in [1.54, 1.807) is 12.1 Å². The van der Waals surface area contributed by atoms with Crippen LogP contribution >= 0.6 is 11.8 Å². The molecular weight excluding hydrogens is 324 g/mol. The second-order valence-electron chi connectivity index (χ2n) is 5.86. The van der Waals surface area contributed by atoms with E-state index in [0.29, 0.717) is 11.5 Å². The third-order valence-electron chi connectivity index (χ3n) is 4.12. The first-order valence-corrected chi connectivity index (χ1v) is 8.93. The number of fused-ring (bicyclic) bond motifs is 1. The quantitative estimate of drug-likeness (QED) is 0.612. The first kappa shape index (κ1) is 16.5. The maximum absolute atomic E-state index is 12.6. The number of nitro benzene ring substituents is 1. The Hall–Kier alpha value is -2.34. The molecule has 0 radical (unpaired) electrons. The van der Waals surface area contributed by atoms with Gasteiger partial charge in [0.2, 0.25) is 5.91 Å². The van der Waals surface area contributed by atoms with Crippen LogP contribution in [0.15, 0.2) is 48.5 Å². The van der Waals surface area contributed by atoms with Gasteiger partial charge in [0.15, 0.2) is 0 Å². The topological polar surface area (TPSA) is 63.5 Å². The molecule has 2 aromatic rings. The molecule has 0 bridgehead atoms. The van der Waals surface area contributed by atoms with Gasteiger partial charge in [0.05, 0.1) is 10.7 Å². The van der Waals surface area contributed by atoms with Crippen molar-refractivity contribution in [3.8, 4) is 0 Å². The van der Waals surface area contributed by atoms with Gasteiger partial charge in [-0.2, -0.15) is 0 Å². The number of amides is 1. The maximum Gasteiger partial charge on any atom is 0.269 e. The predicted octanol–water partition coefficient (Wildman–Crippen LogP) is 3.81. The summed E-state index contributed by atoms with van der Waals surface area (Å²) < 4.78 is 0. The number of benzene rings is 2. The van der Waals surface area contributed by atoms with Crippen LogP contribution < -0.4 is 4.90 Å². The summed E-state index contributed by atoms with van der Waals surface area (Å²) >= 11 is 1.53. The van der Waals surface area contributed by atoms with Gasteiger partial charge in [-0.05, 0) is 30.5 Å². The summed E-state index contributed by atoms with van der Waals surface area (Å²) in [5.41, 5.74) is 3.31. The van der Waals surface area contributed by atoms with Crippen LogP contribution in [-0.2, 0) is 17.0 Å². The highest BCUT2D eigenvalue weighted by Crippen LogP contribution is 2.32. The molecule has 3 rings (SSSR count). The average molecular weight is 342 g/mol. The van der Waals surface area contributed by atoms with Gasteiger partial charge in [-0.3, -0.25) is 14.9 Å². The van der Waals surface area contributed by atoms with E-state index in [4.69, 9.17) is 0 Å². The lowest BCUT2D eigenvalue weighted by molar-refractivity contribution is -0.384. The summed E-state index contributed by atoms with van der Waals surface area (Å²) in [4.78, 5) is 24.7. The van der Waals surface area contributed by atoms with Crippen molar-refractivity contribution in [1.82, 2.24) is 0 Å². The molecule has 1 heterocycles. The van der Waals surface area contributed by atoms with Crippen LogP contribution in [0.2, 0.25) is 0 Å². The number of carbonyl (C=O) groups excluding carboxylic acids is 1. The molecule has 0 saturated heterocycles. The van der Waals surface area contributed by atoms with Gasteiger partial charge < -0.3 is 4.90 Å². The van der Waals surface area contributed by atoms with E-state index in [9.17, 15) is 14.9 Å². The third-order valence-corrected chi connectivity index (χ3v) is 5.11. The Balaban J connectivity index is 1.57. The number of hydrogen-bond donors (Lipinski definition) is 0. The van der Waals surface area contributed by atoms with Crippen molar-refractivity contribution >= 4 is 29.0 Å². The maximum atomic E-state index is 12.6. The van der Waals surface area contributed by atoms with Crippen LogP contribution in [0.1, 0.15) is 18.1 Å². The predicted molar refractivity (Wildman–Crippen MR) is 96.4 cm³/mol. The highest BCUT2D eigenvalue weighted by atomic mass is 32.2. The first-order valence-electron chi connectivity index (χ1n) is 7.77. The number of hydrogen-bond acceptors (Lipinski definition) is 4. The molecule has 0 aliphatic carbocycles. The zero-order valence-electron chi connectivity index (χ0n) is 13.3. The van der Waals surface area contributed by atoms with Crippen molar-refractivity contribution in [3.05, 3.63) is 69.8 Å². The summed E-state index contributed by atoms with van der Waals surface area (Å²) in [6.45, 7) is 2.07. The first-order chi connectivity index (χ1) is 11.6. The normalized spacial score (nSPS) is 16.0. The molecule has 1 amide bonds. The zero-order chi connectivity index (χ0) is 17.1. The molecule has 0 unspecified atom stereocenters. The smallest absolute Gasteiger partial charge is 0.269 e. The fourth-order valence-electron chi connectivity index (χ4n) is 2.99. The molecule has 0 aromatic heterocycles. The molecule has 1 aliphatic rings. The molecule has 0 fully saturated rings. The highest BCUT2D eigenvalue weighted by molar-refractivity contribution is 7.99. The minimum atomic E-state index is -0.410. The summed E-state index contributed by atoms with van der Waals surface area (Å²) in [5, 5.41) is 10.6. The van der Waals surface area contributed by atoms with Crippen molar-refractivity contribution in [2.75, 3.05) is 10.7 Å². The Labute approximate surface area is 144 Å². The van der Waals surface area contributed by atoms with E-state index in [0.717, 1.165) is 17.7 Å². The Bertz CT molecular complexity index is 761. The Morgan fingerprint density at radius 3 is 2.67 bits per heavy atom. The molecule has 124 valence electrons. The third kappa shape index (κ3) is 3.43. The van der Waals surface area contributed by atoms with Gasteiger partial charge >= 0.3 is 0 Å². The molecule has 0 saturated carbocycles. The monoisotopic (exact) mass is 342 g/mol. The number of anilines is 1. The fraction of sp³-hybridized carbons (Fsp3) is 0.278. The lowest BCUT2D eigenvalue weighted by atomic mass is 10.1. The van der Waals surface area contributed by atoms with E-state index in [2.05, 4.69) is 13.0 Å². The molecule has 6 heteroatoms. The van der Waals surface area contributed by atoms with Gasteiger partial charge in [-0.15, -0.1) is 11.8 Å². The number of rotatable bonds is 5. The standard InChI is InChI=1S/C18H18N2O3S/c1-13-10-15-4-2-3-5-17(15)19(13)18(21)12-24-11-14-6-8-16(9-7-14)20(22)23/h2-9,13H,10-12H2,1H3/t13-/m1/s1. The number of carbonyl (C=O) groups is 1. The van der Waals surface area contributed by atoms with Gasteiger partial charge in [-0.1, -0.05) is 30.3 Å². The summed E-state index contributed by atoms with van der Waals surface area (Å²) in [7, 11) is 0. The van der Waals surface area contributed by atoms with Crippen LogP contribution in [0.25, 0.3) is 0 Å². The molecule has 2 aromatic carbocycles. The van der Waals surface area contributed by atoms with E-state index in [-0.39, 0.29) is 17.6 Å². The number of para-hydroxylation sites is 1. The average Bonchev–Trinajstić information content (AvgIpc) is 2.91. The van der Waals surface area contributed by atoms with Crippen molar-refractivity contribution in [2.24, 2.45) is 0 Å². The van der Waals surface area contributed by atoms with E-state index >= 15 is 0 Å². The molecule has 5 nitrogen and oxygen atoms in total. The Morgan fingerprint density at radius 1 is 1.25 bits per heavy atom. The largest absolute Gasteiger partial charge is 0.308 e. The summed E-state index contributed by atoms with van der Waals surface area (Å²) in [6, 6.07) is 14.7. The molecular formula is C18H18N2O3S.